The van der Waals surface area contributed by atoms with Gasteiger partial charge in [0.1, 0.15) is 0 Å². The van der Waals surface area contributed by atoms with E-state index in [1.54, 1.807) is 6.07 Å². The summed E-state index contributed by atoms with van der Waals surface area (Å²) in [5.41, 5.74) is 3.26. The molecule has 0 aliphatic carbocycles. The summed E-state index contributed by atoms with van der Waals surface area (Å²) < 4.78 is 2.07. The summed E-state index contributed by atoms with van der Waals surface area (Å²) in [6.07, 6.45) is 2.00. The maximum atomic E-state index is 12.7. The number of hydrogen-bond acceptors (Lipinski definition) is 5. The number of nitrogens with zero attached hydrogens (tertiary/aromatic N) is 4. The number of anilines is 1. The Bertz CT molecular complexity index is 1120. The van der Waals surface area contributed by atoms with Crippen LogP contribution in [-0.2, 0) is 16.6 Å². The molecular weight excluding hydrogens is 404 g/mol. The lowest BCUT2D eigenvalue weighted by Gasteiger charge is -2.38. The van der Waals surface area contributed by atoms with Crippen LogP contribution in [0.5, 0.6) is 0 Å². The first-order valence-corrected chi connectivity index (χ1v) is 10.9. The van der Waals surface area contributed by atoms with Crippen molar-refractivity contribution in [2.24, 2.45) is 7.05 Å². The first kappa shape index (κ1) is 22.0. The Hall–Kier alpha value is -3.23. The van der Waals surface area contributed by atoms with Crippen molar-refractivity contribution in [1.29, 1.82) is 0 Å². The normalized spacial score (nSPS) is 16.1. The maximum absolute atomic E-state index is 12.7. The zero-order chi connectivity index (χ0) is 22.7. The Morgan fingerprint density at radius 2 is 1.78 bits per heavy atom. The van der Waals surface area contributed by atoms with Crippen molar-refractivity contribution in [3.8, 4) is 0 Å². The number of amides is 2. The van der Waals surface area contributed by atoms with Crippen molar-refractivity contribution in [3.05, 3.63) is 60.0 Å². The summed E-state index contributed by atoms with van der Waals surface area (Å²) in [5, 5.41) is 6.42. The van der Waals surface area contributed by atoms with E-state index in [9.17, 15) is 9.59 Å². The maximum Gasteiger partial charge on any atom is 0.313 e. The molecule has 0 saturated carbocycles. The van der Waals surface area contributed by atoms with Crippen molar-refractivity contribution < 1.29 is 9.59 Å². The Labute approximate surface area is 188 Å². The van der Waals surface area contributed by atoms with Gasteiger partial charge in [-0.1, -0.05) is 18.2 Å². The second kappa shape index (κ2) is 9.50. The molecule has 2 aromatic heterocycles. The van der Waals surface area contributed by atoms with Gasteiger partial charge in [-0.15, -0.1) is 0 Å². The van der Waals surface area contributed by atoms with E-state index in [-0.39, 0.29) is 6.04 Å². The molecule has 2 N–H and O–H groups in total. The second-order valence-electron chi connectivity index (χ2n) is 8.39. The average molecular weight is 435 g/mol. The molecule has 1 aliphatic rings. The van der Waals surface area contributed by atoms with Crippen molar-refractivity contribution in [2.45, 2.75) is 13.0 Å². The Balaban J connectivity index is 1.45. The standard InChI is InChI=1S/C24H30N6O2/c1-17-15-20(18-7-4-5-8-19(18)26-17)27-24(32)23(31)25-16-22(21-9-6-10-29(21)3)30-13-11-28(2)12-14-30/h4-10,15,22H,11-14,16H2,1-3H3,(H,25,31)(H,26,27,32). The van der Waals surface area contributed by atoms with Crippen LogP contribution < -0.4 is 10.6 Å². The van der Waals surface area contributed by atoms with Gasteiger partial charge in [0.15, 0.2) is 0 Å². The van der Waals surface area contributed by atoms with Crippen LogP contribution in [0.15, 0.2) is 48.7 Å². The van der Waals surface area contributed by atoms with E-state index in [2.05, 4.69) is 43.1 Å². The Morgan fingerprint density at radius 1 is 1.03 bits per heavy atom. The minimum atomic E-state index is -0.676. The van der Waals surface area contributed by atoms with Crippen LogP contribution in [-0.4, -0.2) is 70.9 Å². The van der Waals surface area contributed by atoms with E-state index in [1.807, 2.05) is 50.5 Å². The largest absolute Gasteiger partial charge is 0.353 e. The van der Waals surface area contributed by atoms with Gasteiger partial charge < -0.3 is 20.1 Å². The average Bonchev–Trinajstić information content (AvgIpc) is 3.20. The highest BCUT2D eigenvalue weighted by Crippen LogP contribution is 2.23. The van der Waals surface area contributed by atoms with Crippen molar-refractivity contribution in [2.75, 3.05) is 45.1 Å². The summed E-state index contributed by atoms with van der Waals surface area (Å²) in [5.74, 6) is -1.32. The van der Waals surface area contributed by atoms with Crippen LogP contribution in [0, 0.1) is 6.92 Å². The number of hydrogen-bond donors (Lipinski definition) is 2. The molecule has 3 aromatic rings. The number of rotatable bonds is 5. The Kier molecular flexibility index (Phi) is 6.53. The van der Waals surface area contributed by atoms with Gasteiger partial charge in [-0.05, 0) is 38.2 Å². The molecule has 1 atom stereocenters. The van der Waals surface area contributed by atoms with E-state index >= 15 is 0 Å². The Morgan fingerprint density at radius 3 is 2.50 bits per heavy atom. The highest BCUT2D eigenvalue weighted by atomic mass is 16.2. The molecule has 2 amide bonds. The van der Waals surface area contributed by atoms with Crippen LogP contribution in [0.2, 0.25) is 0 Å². The second-order valence-corrected chi connectivity index (χ2v) is 8.39. The summed E-state index contributed by atoms with van der Waals surface area (Å²) >= 11 is 0. The minimum absolute atomic E-state index is 0.00412. The molecule has 0 spiro atoms. The molecule has 0 bridgehead atoms. The topological polar surface area (TPSA) is 82.5 Å². The number of carbonyl (C=O) groups is 2. The molecule has 0 radical (unpaired) electrons. The van der Waals surface area contributed by atoms with Gasteiger partial charge >= 0.3 is 11.8 Å². The van der Waals surface area contributed by atoms with Crippen molar-refractivity contribution in [1.82, 2.24) is 24.7 Å². The fourth-order valence-corrected chi connectivity index (χ4v) is 4.23. The first-order chi connectivity index (χ1) is 15.4. The third-order valence-electron chi connectivity index (χ3n) is 6.06. The number of aryl methyl sites for hydroxylation is 2. The molecule has 4 rings (SSSR count). The highest BCUT2D eigenvalue weighted by Gasteiger charge is 2.27. The van der Waals surface area contributed by atoms with Crippen molar-refractivity contribution in [3.63, 3.8) is 0 Å². The molecule has 1 aliphatic heterocycles. The van der Waals surface area contributed by atoms with E-state index < -0.39 is 11.8 Å². The number of benzene rings is 1. The smallest absolute Gasteiger partial charge is 0.313 e. The van der Waals surface area contributed by atoms with Gasteiger partial charge in [-0.2, -0.15) is 0 Å². The van der Waals surface area contributed by atoms with Crippen LogP contribution >= 0.6 is 0 Å². The number of carbonyl (C=O) groups excluding carboxylic acids is 2. The number of fused-ring (bicyclic) bond motifs is 1. The minimum Gasteiger partial charge on any atom is -0.353 e. The van der Waals surface area contributed by atoms with Gasteiger partial charge in [0.05, 0.1) is 17.2 Å². The van der Waals surface area contributed by atoms with Crippen molar-refractivity contribution >= 4 is 28.4 Å². The monoisotopic (exact) mass is 434 g/mol. The molecular formula is C24H30N6O2. The molecule has 1 fully saturated rings. The van der Waals surface area contributed by atoms with Crippen LogP contribution in [0.1, 0.15) is 17.4 Å². The van der Waals surface area contributed by atoms with E-state index in [0.717, 1.165) is 48.5 Å². The molecule has 32 heavy (non-hydrogen) atoms. The molecule has 168 valence electrons. The summed E-state index contributed by atoms with van der Waals surface area (Å²) in [4.78, 5) is 34.5. The summed E-state index contributed by atoms with van der Waals surface area (Å²) in [7, 11) is 4.12. The zero-order valence-corrected chi connectivity index (χ0v) is 18.8. The molecule has 1 saturated heterocycles. The van der Waals surface area contributed by atoms with Crippen LogP contribution in [0.3, 0.4) is 0 Å². The van der Waals surface area contributed by atoms with E-state index in [0.29, 0.717) is 12.2 Å². The van der Waals surface area contributed by atoms with Gasteiger partial charge in [-0.3, -0.25) is 19.5 Å². The lowest BCUT2D eigenvalue weighted by atomic mass is 10.1. The zero-order valence-electron chi connectivity index (χ0n) is 18.8. The van der Waals surface area contributed by atoms with E-state index in [1.165, 1.54) is 0 Å². The molecule has 8 heteroatoms. The summed E-state index contributed by atoms with van der Waals surface area (Å²) in [6, 6.07) is 13.4. The first-order valence-electron chi connectivity index (χ1n) is 10.9. The molecule has 3 heterocycles. The number of aromatic nitrogens is 2. The highest BCUT2D eigenvalue weighted by molar-refractivity contribution is 6.40. The molecule has 1 aromatic carbocycles. The van der Waals surface area contributed by atoms with E-state index in [4.69, 9.17) is 0 Å². The number of likely N-dealkylation sites (N-methyl/N-ethyl adjacent to an activating group) is 1. The van der Waals surface area contributed by atoms with Crippen LogP contribution in [0.25, 0.3) is 10.9 Å². The third-order valence-corrected chi connectivity index (χ3v) is 6.06. The molecule has 1 unspecified atom stereocenters. The fourth-order valence-electron chi connectivity index (χ4n) is 4.23. The molecule has 8 nitrogen and oxygen atoms in total. The van der Waals surface area contributed by atoms with Gasteiger partial charge in [-0.25, -0.2) is 0 Å². The third kappa shape index (κ3) is 4.81. The number of pyridine rings is 1. The van der Waals surface area contributed by atoms with Gasteiger partial charge in [0.2, 0.25) is 0 Å². The number of piperazine rings is 1. The SMILES string of the molecule is Cc1cc(NC(=O)C(=O)NCC(c2cccn2C)N2CCN(C)CC2)c2ccccc2n1. The predicted molar refractivity (Wildman–Crippen MR) is 125 cm³/mol. The fraction of sp³-hybridized carbons (Fsp3) is 0.375. The number of nitrogens with one attached hydrogen (secondary N) is 2. The van der Waals surface area contributed by atoms with Gasteiger partial charge in [0.25, 0.3) is 0 Å². The number of para-hydroxylation sites is 1. The quantitative estimate of drug-likeness (QED) is 0.600. The summed E-state index contributed by atoms with van der Waals surface area (Å²) in [6.45, 7) is 6.01. The van der Waals surface area contributed by atoms with Gasteiger partial charge in [0, 0.05) is 62.7 Å². The lowest BCUT2D eigenvalue weighted by molar-refractivity contribution is -0.136. The predicted octanol–water partition coefficient (Wildman–Crippen LogP) is 1.93. The van der Waals surface area contributed by atoms with Crippen LogP contribution in [0.4, 0.5) is 5.69 Å². The lowest BCUT2D eigenvalue weighted by Crippen LogP contribution is -2.49.